The van der Waals surface area contributed by atoms with E-state index in [2.05, 4.69) is 57.5 Å². The Bertz CT molecular complexity index is 1580. The van der Waals surface area contributed by atoms with Gasteiger partial charge in [0.1, 0.15) is 5.82 Å². The number of carbonyl (C=O) groups excluding carboxylic acids is 1. The zero-order valence-corrected chi connectivity index (χ0v) is 24.4. The minimum Gasteiger partial charge on any atom is -0.398 e. The Labute approximate surface area is 246 Å². The molecule has 4 N–H and O–H groups in total. The molecule has 216 valence electrons. The van der Waals surface area contributed by atoms with Crippen molar-refractivity contribution in [1.82, 2.24) is 25.7 Å². The lowest BCUT2D eigenvalue weighted by molar-refractivity contribution is 0.0967. The van der Waals surface area contributed by atoms with Crippen LogP contribution in [0.3, 0.4) is 0 Å². The Morgan fingerprint density at radius 1 is 1.14 bits per heavy atom. The lowest BCUT2D eigenvalue weighted by Crippen LogP contribution is -2.22. The van der Waals surface area contributed by atoms with Crippen LogP contribution in [0.4, 0.5) is 0 Å². The molecule has 1 amide bonds. The number of aliphatic imine (C=N–C) groups is 1. The number of allylic oxidation sites excluding steroid dienone is 3. The number of carbonyl (C=O) groups is 1. The maximum absolute atomic E-state index is 12.8. The predicted octanol–water partition coefficient (Wildman–Crippen LogP) is 5.30. The summed E-state index contributed by atoms with van der Waals surface area (Å²) in [5.74, 6) is 1.27. The summed E-state index contributed by atoms with van der Waals surface area (Å²) in [6.45, 7) is 17.8. The van der Waals surface area contributed by atoms with Crippen molar-refractivity contribution >= 4 is 17.8 Å². The molecule has 1 unspecified atom stereocenters. The molecule has 4 rings (SSSR count). The quantitative estimate of drug-likeness (QED) is 0.214. The summed E-state index contributed by atoms with van der Waals surface area (Å²) < 4.78 is 5.31. The van der Waals surface area contributed by atoms with E-state index in [1.165, 1.54) is 11.8 Å². The van der Waals surface area contributed by atoms with Gasteiger partial charge < -0.3 is 25.8 Å². The maximum atomic E-state index is 12.8. The van der Waals surface area contributed by atoms with Crippen molar-refractivity contribution in [1.29, 1.82) is 0 Å². The van der Waals surface area contributed by atoms with Gasteiger partial charge in [-0.2, -0.15) is 0 Å². The molecule has 1 aliphatic heterocycles. The minimum atomic E-state index is -0.234. The molecule has 1 aliphatic rings. The molecule has 0 aliphatic carbocycles. The molecule has 1 fully saturated rings. The highest BCUT2D eigenvalue weighted by molar-refractivity contribution is 5.95. The summed E-state index contributed by atoms with van der Waals surface area (Å²) in [5.41, 5.74) is 12.7. The van der Waals surface area contributed by atoms with Crippen molar-refractivity contribution in [2.45, 2.75) is 26.2 Å². The van der Waals surface area contributed by atoms with E-state index in [-0.39, 0.29) is 5.91 Å². The van der Waals surface area contributed by atoms with E-state index in [1.54, 1.807) is 30.7 Å². The Morgan fingerprint density at radius 3 is 2.55 bits per heavy atom. The van der Waals surface area contributed by atoms with Crippen LogP contribution in [0.5, 0.6) is 0 Å². The summed E-state index contributed by atoms with van der Waals surface area (Å²) in [5, 5.41) is 9.75. The summed E-state index contributed by atoms with van der Waals surface area (Å²) in [4.78, 5) is 23.7. The molecule has 0 spiro atoms. The van der Waals surface area contributed by atoms with Gasteiger partial charge in [-0.1, -0.05) is 37.0 Å². The fourth-order valence-corrected chi connectivity index (χ4v) is 4.59. The Hall–Kier alpha value is -5.02. The molecule has 1 saturated heterocycles. The van der Waals surface area contributed by atoms with Crippen LogP contribution < -0.4 is 16.4 Å². The molecule has 3 heterocycles. The minimum absolute atomic E-state index is 0.234. The van der Waals surface area contributed by atoms with Crippen molar-refractivity contribution < 1.29 is 9.32 Å². The predicted molar refractivity (Wildman–Crippen MR) is 168 cm³/mol. The molecule has 2 aromatic heterocycles. The summed E-state index contributed by atoms with van der Waals surface area (Å²) in [6.07, 6.45) is 11.0. The number of benzene rings is 1. The Morgan fingerprint density at radius 2 is 1.90 bits per heavy atom. The fourth-order valence-electron chi connectivity index (χ4n) is 4.59. The number of nitrogens with two attached hydrogens (primary N) is 1. The molecule has 0 saturated carbocycles. The van der Waals surface area contributed by atoms with Gasteiger partial charge in [0.15, 0.2) is 5.76 Å². The first-order valence-electron chi connectivity index (χ1n) is 13.6. The number of amides is 1. The summed E-state index contributed by atoms with van der Waals surface area (Å²) in [7, 11) is 2.13. The first kappa shape index (κ1) is 30.0. The topological polar surface area (TPSA) is 122 Å². The van der Waals surface area contributed by atoms with E-state index in [0.29, 0.717) is 51.3 Å². The Kier molecular flexibility index (Phi) is 9.67. The summed E-state index contributed by atoms with van der Waals surface area (Å²) in [6, 6.07) is 9.65. The normalized spacial score (nSPS) is 16.0. The van der Waals surface area contributed by atoms with Crippen LogP contribution in [0.2, 0.25) is 0 Å². The van der Waals surface area contributed by atoms with Crippen LogP contribution in [0.1, 0.15) is 46.3 Å². The number of likely N-dealkylation sites (N-methyl/N-ethyl adjacent to an activating group) is 1. The third kappa shape index (κ3) is 7.80. The van der Waals surface area contributed by atoms with Gasteiger partial charge in [0.05, 0.1) is 6.20 Å². The molecule has 0 bridgehead atoms. The number of hydrogen-bond acceptors (Lipinski definition) is 8. The Balaban J connectivity index is 1.34. The zero-order valence-electron chi connectivity index (χ0n) is 24.4. The van der Waals surface area contributed by atoms with E-state index < -0.39 is 0 Å². The molecular formula is C33H37N7O2. The zero-order chi connectivity index (χ0) is 30.2. The number of pyridine rings is 1. The van der Waals surface area contributed by atoms with Crippen LogP contribution in [0.15, 0.2) is 113 Å². The van der Waals surface area contributed by atoms with Gasteiger partial charge in [0, 0.05) is 64.5 Å². The van der Waals surface area contributed by atoms with Crippen molar-refractivity contribution in [3.63, 3.8) is 0 Å². The first-order chi connectivity index (χ1) is 20.1. The van der Waals surface area contributed by atoms with E-state index in [0.717, 1.165) is 30.6 Å². The number of likely N-dealkylation sites (tertiary alicyclic amines) is 1. The van der Waals surface area contributed by atoms with Gasteiger partial charge in [-0.15, -0.1) is 0 Å². The average Bonchev–Trinajstić information content (AvgIpc) is 3.60. The number of rotatable bonds is 11. The van der Waals surface area contributed by atoms with Gasteiger partial charge in [-0.25, -0.2) is 4.99 Å². The highest BCUT2D eigenvalue weighted by atomic mass is 16.5. The van der Waals surface area contributed by atoms with Crippen LogP contribution in [-0.4, -0.2) is 47.3 Å². The van der Waals surface area contributed by atoms with Gasteiger partial charge in [-0.3, -0.25) is 9.78 Å². The SMILES string of the molecule is C=C(/C=C(/NC(=C)/N=C\C=C(/N)c1cncc(-c2oncc2C)c1)C(=C)C)NC(=O)c1ccc(C2CCN(C)C2)cc1. The molecule has 42 heavy (non-hydrogen) atoms. The molecule has 1 aromatic carbocycles. The van der Waals surface area contributed by atoms with Crippen LogP contribution in [-0.2, 0) is 0 Å². The number of aryl methyl sites for hydroxylation is 1. The molecule has 1 atom stereocenters. The molecule has 3 aromatic rings. The highest BCUT2D eigenvalue weighted by Gasteiger charge is 2.21. The van der Waals surface area contributed by atoms with Gasteiger partial charge in [-0.05, 0) is 81.3 Å². The van der Waals surface area contributed by atoms with Gasteiger partial charge in [0.25, 0.3) is 5.91 Å². The number of hydrogen-bond donors (Lipinski definition) is 3. The second kappa shape index (κ2) is 13.6. The van der Waals surface area contributed by atoms with Crippen molar-refractivity contribution in [3.05, 3.63) is 126 Å². The van der Waals surface area contributed by atoms with E-state index in [9.17, 15) is 4.79 Å². The molecule has 9 nitrogen and oxygen atoms in total. The number of nitrogens with zero attached hydrogens (tertiary/aromatic N) is 4. The maximum Gasteiger partial charge on any atom is 0.255 e. The standard InChI is InChI=1S/C33H37N7O2/c1-21(2)31(15-23(4)38-33(41)26-9-7-25(8-10-26)27-12-14-40(6)20-27)39-24(5)36-13-11-30(34)28-16-29(19-35-18-28)32-22(3)17-37-42-32/h7-11,13,15-19,27,39H,1,4-5,12,14,20,34H2,2-3,6H3,(H,38,41)/b30-11-,31-15+,36-13-. The average molecular weight is 564 g/mol. The third-order valence-corrected chi connectivity index (χ3v) is 6.93. The largest absolute Gasteiger partial charge is 0.398 e. The van der Waals surface area contributed by atoms with E-state index in [4.69, 9.17) is 10.3 Å². The molecule has 9 heteroatoms. The van der Waals surface area contributed by atoms with Crippen molar-refractivity contribution in [3.8, 4) is 11.3 Å². The summed E-state index contributed by atoms with van der Waals surface area (Å²) >= 11 is 0. The number of nitrogens with one attached hydrogen (secondary N) is 2. The van der Waals surface area contributed by atoms with Gasteiger partial charge >= 0.3 is 0 Å². The lowest BCUT2D eigenvalue weighted by Gasteiger charge is -2.13. The second-order valence-electron chi connectivity index (χ2n) is 10.5. The monoisotopic (exact) mass is 563 g/mol. The smallest absolute Gasteiger partial charge is 0.255 e. The molecule has 0 radical (unpaired) electrons. The highest BCUT2D eigenvalue weighted by Crippen LogP contribution is 2.26. The van der Waals surface area contributed by atoms with Crippen molar-refractivity contribution in [2.24, 2.45) is 10.7 Å². The van der Waals surface area contributed by atoms with E-state index in [1.807, 2.05) is 44.2 Å². The first-order valence-corrected chi connectivity index (χ1v) is 13.6. The lowest BCUT2D eigenvalue weighted by atomic mass is 9.97. The second-order valence-corrected chi connectivity index (χ2v) is 10.5. The van der Waals surface area contributed by atoms with Crippen LogP contribution >= 0.6 is 0 Å². The third-order valence-electron chi connectivity index (χ3n) is 6.93. The number of aromatic nitrogens is 2. The van der Waals surface area contributed by atoms with Crippen LogP contribution in [0, 0.1) is 6.92 Å². The fraction of sp³-hybridized carbons (Fsp3) is 0.212. The van der Waals surface area contributed by atoms with Crippen molar-refractivity contribution in [2.75, 3.05) is 20.1 Å². The van der Waals surface area contributed by atoms with E-state index >= 15 is 0 Å². The molecular weight excluding hydrogens is 526 g/mol. The van der Waals surface area contributed by atoms with Gasteiger partial charge in [0.2, 0.25) is 0 Å². The van der Waals surface area contributed by atoms with Crippen LogP contribution in [0.25, 0.3) is 17.0 Å².